The zero-order valence-corrected chi connectivity index (χ0v) is 20.2. The van der Waals surface area contributed by atoms with Crippen LogP contribution in [-0.2, 0) is 17.7 Å². The lowest BCUT2D eigenvalue weighted by Gasteiger charge is -2.40. The summed E-state index contributed by atoms with van der Waals surface area (Å²) in [7, 11) is 1.87. The number of hydrogen-bond acceptors (Lipinski definition) is 4. The molecule has 0 aromatic carbocycles. The normalized spacial score (nSPS) is 14.6. The Balaban J connectivity index is 5.84. The molecular formula is C20H42O4Si2. The summed E-state index contributed by atoms with van der Waals surface area (Å²) in [5.74, 6) is 0. The Bertz CT molecular complexity index is 357. The van der Waals surface area contributed by atoms with Crippen LogP contribution in [-0.4, -0.2) is 45.6 Å². The quantitative estimate of drug-likeness (QED) is 0.244. The highest BCUT2D eigenvalue weighted by atomic mass is 28.4. The van der Waals surface area contributed by atoms with Crippen LogP contribution < -0.4 is 0 Å². The van der Waals surface area contributed by atoms with Crippen molar-refractivity contribution >= 4 is 17.1 Å². The van der Waals surface area contributed by atoms with Gasteiger partial charge in [0.05, 0.1) is 5.16 Å². The molecule has 0 saturated carbocycles. The standard InChI is InChI=1S/C20H42O4Si2/c1-8-11-13-15-18-25(21-4,22-5)20(17-10-3)26(23-6,24-7)19-16-14-12-9-2/h15-16,18-20H,8-14,17H2,1-7H3. The van der Waals surface area contributed by atoms with Gasteiger partial charge in [-0.2, -0.15) is 0 Å². The van der Waals surface area contributed by atoms with Crippen molar-refractivity contribution in [1.82, 2.24) is 0 Å². The van der Waals surface area contributed by atoms with E-state index >= 15 is 0 Å². The molecule has 0 aromatic rings. The van der Waals surface area contributed by atoms with Gasteiger partial charge in [0, 0.05) is 28.4 Å². The Kier molecular flexibility index (Phi) is 14.6. The van der Waals surface area contributed by atoms with E-state index in [1.54, 1.807) is 28.4 Å². The largest absolute Gasteiger partial charge is 0.395 e. The summed E-state index contributed by atoms with van der Waals surface area (Å²) in [6, 6.07) is 0. The van der Waals surface area contributed by atoms with Gasteiger partial charge in [-0.25, -0.2) is 0 Å². The highest BCUT2D eigenvalue weighted by molar-refractivity contribution is 6.92. The fraction of sp³-hybridized carbons (Fsp3) is 0.800. The molecule has 0 rings (SSSR count). The number of unbranched alkanes of at least 4 members (excludes halogenated alkanes) is 4. The van der Waals surface area contributed by atoms with E-state index in [0.29, 0.717) is 0 Å². The van der Waals surface area contributed by atoms with Gasteiger partial charge in [0.1, 0.15) is 0 Å². The van der Waals surface area contributed by atoms with Crippen molar-refractivity contribution in [3.05, 3.63) is 23.6 Å². The van der Waals surface area contributed by atoms with Gasteiger partial charge in [-0.3, -0.25) is 0 Å². The molecule has 0 bridgehead atoms. The van der Waals surface area contributed by atoms with Crippen LogP contribution in [0, 0.1) is 0 Å². The molecule has 0 radical (unpaired) electrons. The average Bonchev–Trinajstić information content (AvgIpc) is 2.68. The van der Waals surface area contributed by atoms with Crippen molar-refractivity contribution in [2.75, 3.05) is 28.4 Å². The minimum atomic E-state index is -2.61. The Morgan fingerprint density at radius 2 is 1.04 bits per heavy atom. The zero-order valence-electron chi connectivity index (χ0n) is 18.2. The fourth-order valence-corrected chi connectivity index (χ4v) is 12.4. The van der Waals surface area contributed by atoms with E-state index in [1.807, 2.05) is 0 Å². The molecule has 0 aliphatic carbocycles. The minimum absolute atomic E-state index is 0.140. The molecule has 0 aliphatic heterocycles. The smallest absolute Gasteiger partial charge is 0.369 e. The van der Waals surface area contributed by atoms with Crippen LogP contribution in [0.3, 0.4) is 0 Å². The van der Waals surface area contributed by atoms with Crippen molar-refractivity contribution in [2.24, 2.45) is 0 Å². The van der Waals surface area contributed by atoms with Gasteiger partial charge in [0.2, 0.25) is 0 Å². The molecule has 154 valence electrons. The third kappa shape index (κ3) is 7.40. The summed E-state index contributed by atoms with van der Waals surface area (Å²) in [5.41, 5.74) is 4.42. The van der Waals surface area contributed by atoms with Crippen LogP contribution in [0.4, 0.5) is 0 Å². The second-order valence-electron chi connectivity index (χ2n) is 6.69. The minimum Gasteiger partial charge on any atom is -0.395 e. The van der Waals surface area contributed by atoms with Crippen LogP contribution >= 0.6 is 0 Å². The average molecular weight is 403 g/mol. The first-order valence-electron chi connectivity index (χ1n) is 10.1. The van der Waals surface area contributed by atoms with E-state index in [-0.39, 0.29) is 5.16 Å². The van der Waals surface area contributed by atoms with E-state index in [0.717, 1.165) is 25.7 Å². The second-order valence-corrected chi connectivity index (χ2v) is 13.8. The fourth-order valence-electron chi connectivity index (χ4n) is 3.35. The molecule has 0 amide bonds. The third-order valence-electron chi connectivity index (χ3n) is 4.97. The Hall–Kier alpha value is -0.246. The van der Waals surface area contributed by atoms with Gasteiger partial charge in [-0.05, 0) is 30.7 Å². The maximum absolute atomic E-state index is 6.09. The van der Waals surface area contributed by atoms with Crippen molar-refractivity contribution < 1.29 is 17.7 Å². The molecule has 0 atom stereocenters. The lowest BCUT2D eigenvalue weighted by molar-refractivity contribution is 0.214. The highest BCUT2D eigenvalue weighted by Gasteiger charge is 2.56. The SMILES string of the molecule is CCCCC=C[Si](OC)(OC)C(CCC)[Si](C=CCCCC)(OC)OC. The Labute approximate surface area is 164 Å². The number of allylic oxidation sites excluding steroid dienone is 2. The summed E-state index contributed by atoms with van der Waals surface area (Å²) >= 11 is 0. The Morgan fingerprint density at radius 3 is 1.31 bits per heavy atom. The monoisotopic (exact) mass is 402 g/mol. The van der Waals surface area contributed by atoms with Gasteiger partial charge in [-0.15, -0.1) is 0 Å². The molecule has 0 aliphatic rings. The topological polar surface area (TPSA) is 36.9 Å². The summed E-state index contributed by atoms with van der Waals surface area (Å²) < 4.78 is 24.4. The van der Waals surface area contributed by atoms with Crippen LogP contribution in [0.25, 0.3) is 0 Å². The molecule has 0 spiro atoms. The predicted octanol–water partition coefficient (Wildman–Crippen LogP) is 5.74. The van der Waals surface area contributed by atoms with Crippen molar-refractivity contribution in [2.45, 2.75) is 77.3 Å². The van der Waals surface area contributed by atoms with Crippen molar-refractivity contribution in [1.29, 1.82) is 0 Å². The molecule has 0 unspecified atom stereocenters. The maximum atomic E-state index is 6.09. The molecule has 0 fully saturated rings. The van der Waals surface area contributed by atoms with Gasteiger partial charge in [0.15, 0.2) is 0 Å². The number of rotatable bonds is 16. The van der Waals surface area contributed by atoms with Gasteiger partial charge < -0.3 is 17.7 Å². The molecule has 0 saturated heterocycles. The van der Waals surface area contributed by atoms with Crippen LogP contribution in [0.5, 0.6) is 0 Å². The molecule has 6 heteroatoms. The van der Waals surface area contributed by atoms with Crippen LogP contribution in [0.1, 0.15) is 72.1 Å². The van der Waals surface area contributed by atoms with E-state index < -0.39 is 17.1 Å². The van der Waals surface area contributed by atoms with Gasteiger partial charge in [-0.1, -0.05) is 65.0 Å². The second kappa shape index (κ2) is 14.8. The van der Waals surface area contributed by atoms with Crippen LogP contribution in [0.2, 0.25) is 5.16 Å². The first-order valence-corrected chi connectivity index (χ1v) is 14.1. The van der Waals surface area contributed by atoms with Crippen LogP contribution in [0.15, 0.2) is 23.6 Å². The highest BCUT2D eigenvalue weighted by Crippen LogP contribution is 2.39. The lowest BCUT2D eigenvalue weighted by atomic mass is 10.2. The molecule has 0 heterocycles. The summed E-state index contributed by atoms with van der Waals surface area (Å²) in [6.45, 7) is 6.61. The van der Waals surface area contributed by atoms with E-state index in [9.17, 15) is 0 Å². The number of hydrogen-bond donors (Lipinski definition) is 0. The van der Waals surface area contributed by atoms with Gasteiger partial charge in [0.25, 0.3) is 0 Å². The molecule has 0 aromatic heterocycles. The van der Waals surface area contributed by atoms with Crippen molar-refractivity contribution in [3.8, 4) is 0 Å². The zero-order chi connectivity index (χ0) is 19.9. The van der Waals surface area contributed by atoms with Gasteiger partial charge >= 0.3 is 17.1 Å². The predicted molar refractivity (Wildman–Crippen MR) is 116 cm³/mol. The van der Waals surface area contributed by atoms with Crippen molar-refractivity contribution in [3.63, 3.8) is 0 Å². The Morgan fingerprint density at radius 1 is 0.654 bits per heavy atom. The first-order chi connectivity index (χ1) is 12.6. The van der Waals surface area contributed by atoms with E-state index in [1.165, 1.54) is 25.7 Å². The molecule has 26 heavy (non-hydrogen) atoms. The van der Waals surface area contributed by atoms with E-state index in [4.69, 9.17) is 17.7 Å². The van der Waals surface area contributed by atoms with E-state index in [2.05, 4.69) is 44.3 Å². The third-order valence-corrected chi connectivity index (χ3v) is 13.9. The summed E-state index contributed by atoms with van der Waals surface area (Å²) in [4.78, 5) is 0. The molecule has 0 N–H and O–H groups in total. The molecular weight excluding hydrogens is 360 g/mol. The summed E-state index contributed by atoms with van der Waals surface area (Å²) in [6.07, 6.45) is 13.3. The first kappa shape index (κ1) is 25.8. The lowest BCUT2D eigenvalue weighted by Crippen LogP contribution is -2.58. The maximum Gasteiger partial charge on any atom is 0.369 e. The molecule has 4 nitrogen and oxygen atoms in total. The summed E-state index contributed by atoms with van der Waals surface area (Å²) in [5, 5.41) is 0.140.